The highest BCUT2D eigenvalue weighted by Crippen LogP contribution is 2.20. The van der Waals surface area contributed by atoms with Crippen molar-refractivity contribution < 1.29 is 14.1 Å². The largest absolute Gasteiger partial charge is 0.366 e. The molecule has 0 aromatic carbocycles. The third kappa shape index (κ3) is 3.05. The van der Waals surface area contributed by atoms with Gasteiger partial charge in [-0.1, -0.05) is 5.16 Å². The second-order valence-electron chi connectivity index (χ2n) is 4.56. The van der Waals surface area contributed by atoms with Gasteiger partial charge in [-0.05, 0) is 6.92 Å². The summed E-state index contributed by atoms with van der Waals surface area (Å²) in [7, 11) is 3.50. The summed E-state index contributed by atoms with van der Waals surface area (Å²) in [6, 6.07) is 0. The van der Waals surface area contributed by atoms with E-state index in [4.69, 9.17) is 9.26 Å². The molecule has 1 amide bonds. The maximum atomic E-state index is 11.7. The number of carbonyl (C=O) groups is 1. The Bertz CT molecular complexity index is 418. The van der Waals surface area contributed by atoms with Crippen molar-refractivity contribution in [2.24, 2.45) is 0 Å². The molecule has 1 aromatic rings. The van der Waals surface area contributed by atoms with Gasteiger partial charge in [0.1, 0.15) is 6.10 Å². The second-order valence-corrected chi connectivity index (χ2v) is 4.56. The molecule has 1 saturated heterocycles. The summed E-state index contributed by atoms with van der Waals surface area (Å²) in [5, 5.41) is 3.75. The summed E-state index contributed by atoms with van der Waals surface area (Å²) < 4.78 is 10.7. The average Bonchev–Trinajstić information content (AvgIpc) is 2.76. The molecule has 1 aliphatic rings. The topological polar surface area (TPSA) is 71.7 Å². The maximum Gasteiger partial charge on any atom is 0.257 e. The van der Waals surface area contributed by atoms with E-state index in [1.807, 2.05) is 4.90 Å². The number of morpholine rings is 1. The van der Waals surface area contributed by atoms with E-state index in [0.717, 1.165) is 6.54 Å². The van der Waals surface area contributed by atoms with E-state index in [1.54, 1.807) is 25.9 Å². The van der Waals surface area contributed by atoms with Gasteiger partial charge in [0.2, 0.25) is 5.91 Å². The predicted octanol–water partition coefficient (Wildman–Crippen LogP) is -0.160. The summed E-state index contributed by atoms with van der Waals surface area (Å²) in [6.45, 7) is 4.06. The second kappa shape index (κ2) is 5.45. The van der Waals surface area contributed by atoms with Gasteiger partial charge in [0, 0.05) is 27.2 Å². The van der Waals surface area contributed by atoms with E-state index in [2.05, 4.69) is 10.1 Å². The number of aryl methyl sites for hydroxylation is 1. The Labute approximate surface area is 106 Å². The van der Waals surface area contributed by atoms with E-state index in [-0.39, 0.29) is 12.0 Å². The lowest BCUT2D eigenvalue weighted by molar-refractivity contribution is -0.132. The number of hydrogen-bond donors (Lipinski definition) is 0. The lowest BCUT2D eigenvalue weighted by Crippen LogP contribution is -2.44. The molecular formula is C11H18N4O3. The van der Waals surface area contributed by atoms with Crippen molar-refractivity contribution in [3.63, 3.8) is 0 Å². The molecule has 1 aliphatic heterocycles. The van der Waals surface area contributed by atoms with Crippen LogP contribution in [0.15, 0.2) is 4.52 Å². The Balaban J connectivity index is 1.94. The van der Waals surface area contributed by atoms with Crippen LogP contribution in [0.1, 0.15) is 17.8 Å². The van der Waals surface area contributed by atoms with Gasteiger partial charge in [-0.3, -0.25) is 9.69 Å². The molecule has 100 valence electrons. The molecular weight excluding hydrogens is 236 g/mol. The van der Waals surface area contributed by atoms with Crippen LogP contribution in [-0.2, 0) is 9.53 Å². The number of hydrogen-bond acceptors (Lipinski definition) is 6. The Kier molecular flexibility index (Phi) is 3.93. The van der Waals surface area contributed by atoms with Crippen molar-refractivity contribution in [2.75, 3.05) is 40.3 Å². The van der Waals surface area contributed by atoms with Gasteiger partial charge in [0.05, 0.1) is 13.2 Å². The first-order valence-corrected chi connectivity index (χ1v) is 5.90. The van der Waals surface area contributed by atoms with Crippen LogP contribution in [0.2, 0.25) is 0 Å². The molecule has 0 spiro atoms. The predicted molar refractivity (Wildman–Crippen MR) is 62.9 cm³/mol. The molecule has 1 aromatic heterocycles. The summed E-state index contributed by atoms with van der Waals surface area (Å²) in [4.78, 5) is 19.4. The Morgan fingerprint density at radius 1 is 1.56 bits per heavy atom. The van der Waals surface area contributed by atoms with Gasteiger partial charge in [0.15, 0.2) is 5.82 Å². The number of amides is 1. The van der Waals surface area contributed by atoms with E-state index < -0.39 is 0 Å². The fourth-order valence-electron chi connectivity index (χ4n) is 1.77. The molecule has 0 aliphatic carbocycles. The van der Waals surface area contributed by atoms with Crippen LogP contribution in [0.25, 0.3) is 0 Å². The van der Waals surface area contributed by atoms with Crippen molar-refractivity contribution in [3.8, 4) is 0 Å². The molecule has 0 saturated carbocycles. The lowest BCUT2D eigenvalue weighted by Gasteiger charge is -2.31. The van der Waals surface area contributed by atoms with Crippen molar-refractivity contribution in [1.29, 1.82) is 0 Å². The zero-order valence-corrected chi connectivity index (χ0v) is 10.9. The van der Waals surface area contributed by atoms with E-state index >= 15 is 0 Å². The summed E-state index contributed by atoms with van der Waals surface area (Å²) in [5.41, 5.74) is 0. The van der Waals surface area contributed by atoms with Crippen LogP contribution in [0.3, 0.4) is 0 Å². The van der Waals surface area contributed by atoms with E-state index in [0.29, 0.717) is 31.4 Å². The molecule has 2 rings (SSSR count). The first-order valence-electron chi connectivity index (χ1n) is 5.90. The monoisotopic (exact) mass is 254 g/mol. The summed E-state index contributed by atoms with van der Waals surface area (Å²) in [5.74, 6) is 1.15. The molecule has 0 N–H and O–H groups in total. The fourth-order valence-corrected chi connectivity index (χ4v) is 1.77. The number of aromatic nitrogens is 2. The van der Waals surface area contributed by atoms with E-state index in [9.17, 15) is 4.79 Å². The quantitative estimate of drug-likeness (QED) is 0.746. The Morgan fingerprint density at radius 2 is 2.33 bits per heavy atom. The van der Waals surface area contributed by atoms with Crippen LogP contribution in [0, 0.1) is 6.92 Å². The van der Waals surface area contributed by atoms with Crippen LogP contribution in [0.5, 0.6) is 0 Å². The first-order chi connectivity index (χ1) is 8.56. The normalized spacial score (nSPS) is 20.9. The average molecular weight is 254 g/mol. The third-order valence-corrected chi connectivity index (χ3v) is 2.83. The molecule has 7 nitrogen and oxygen atoms in total. The van der Waals surface area contributed by atoms with Gasteiger partial charge in [0.25, 0.3) is 5.89 Å². The Morgan fingerprint density at radius 3 is 2.94 bits per heavy atom. The van der Waals surface area contributed by atoms with Gasteiger partial charge >= 0.3 is 0 Å². The number of rotatable bonds is 3. The van der Waals surface area contributed by atoms with Gasteiger partial charge in [-0.25, -0.2) is 0 Å². The first kappa shape index (κ1) is 13.0. The van der Waals surface area contributed by atoms with Crippen LogP contribution in [-0.4, -0.2) is 66.2 Å². The molecule has 7 heteroatoms. The molecule has 18 heavy (non-hydrogen) atoms. The van der Waals surface area contributed by atoms with Crippen molar-refractivity contribution in [2.45, 2.75) is 13.0 Å². The standard InChI is InChI=1S/C11H18N4O3/c1-8-12-11(18-13-8)9-6-15(4-5-17-9)7-10(16)14(2)3/h9H,4-7H2,1-3H3. The Hall–Kier alpha value is -1.47. The molecule has 1 atom stereocenters. The number of nitrogens with zero attached hydrogens (tertiary/aromatic N) is 4. The minimum Gasteiger partial charge on any atom is -0.366 e. The number of ether oxygens (including phenoxy) is 1. The molecule has 2 heterocycles. The van der Waals surface area contributed by atoms with Crippen molar-refractivity contribution in [1.82, 2.24) is 19.9 Å². The maximum absolute atomic E-state index is 11.7. The highest BCUT2D eigenvalue weighted by atomic mass is 16.5. The minimum absolute atomic E-state index is 0.0809. The zero-order valence-electron chi connectivity index (χ0n) is 10.9. The fraction of sp³-hybridized carbons (Fsp3) is 0.727. The number of likely N-dealkylation sites (N-methyl/N-ethyl adjacent to an activating group) is 1. The highest BCUT2D eigenvalue weighted by molar-refractivity contribution is 5.77. The van der Waals surface area contributed by atoms with Crippen molar-refractivity contribution >= 4 is 5.91 Å². The number of carbonyl (C=O) groups excluding carboxylic acids is 1. The van der Waals surface area contributed by atoms with Crippen LogP contribution in [0.4, 0.5) is 0 Å². The molecule has 1 fully saturated rings. The molecule has 0 bridgehead atoms. The van der Waals surface area contributed by atoms with Crippen LogP contribution >= 0.6 is 0 Å². The lowest BCUT2D eigenvalue weighted by atomic mass is 10.2. The van der Waals surface area contributed by atoms with E-state index in [1.165, 1.54) is 0 Å². The highest BCUT2D eigenvalue weighted by Gasteiger charge is 2.27. The SMILES string of the molecule is Cc1noc(C2CN(CC(=O)N(C)C)CCO2)n1. The smallest absolute Gasteiger partial charge is 0.257 e. The summed E-state index contributed by atoms with van der Waals surface area (Å²) >= 11 is 0. The van der Waals surface area contributed by atoms with Gasteiger partial charge < -0.3 is 14.2 Å². The molecule has 1 unspecified atom stereocenters. The van der Waals surface area contributed by atoms with Crippen LogP contribution < -0.4 is 0 Å². The van der Waals surface area contributed by atoms with Gasteiger partial charge in [-0.15, -0.1) is 0 Å². The summed E-state index contributed by atoms with van der Waals surface area (Å²) in [6.07, 6.45) is -0.241. The minimum atomic E-state index is -0.241. The molecule has 0 radical (unpaired) electrons. The zero-order chi connectivity index (χ0) is 13.1. The third-order valence-electron chi connectivity index (χ3n) is 2.83. The van der Waals surface area contributed by atoms with Crippen molar-refractivity contribution in [3.05, 3.63) is 11.7 Å². The van der Waals surface area contributed by atoms with Gasteiger partial charge in [-0.2, -0.15) is 4.98 Å².